The zero-order chi connectivity index (χ0) is 15.8. The van der Waals surface area contributed by atoms with E-state index in [0.717, 1.165) is 32.5 Å². The fourth-order valence-corrected chi connectivity index (χ4v) is 3.00. The maximum absolute atomic E-state index is 12.3. The van der Waals surface area contributed by atoms with Crippen molar-refractivity contribution in [3.8, 4) is 0 Å². The Morgan fingerprint density at radius 2 is 2.18 bits per heavy atom. The molecule has 1 saturated heterocycles. The second kappa shape index (κ2) is 8.86. The van der Waals surface area contributed by atoms with Gasteiger partial charge in [-0.2, -0.15) is 0 Å². The molecule has 3 heteroatoms. The van der Waals surface area contributed by atoms with Gasteiger partial charge in [0.2, 0.25) is 0 Å². The number of hydrogen-bond donors (Lipinski definition) is 0. The lowest BCUT2D eigenvalue weighted by Crippen LogP contribution is -2.40. The van der Waals surface area contributed by atoms with Crippen molar-refractivity contribution in [1.82, 2.24) is 4.90 Å². The molecule has 0 spiro atoms. The third kappa shape index (κ3) is 4.52. The van der Waals surface area contributed by atoms with Crippen LogP contribution in [0.5, 0.6) is 0 Å². The zero-order valence-electron chi connectivity index (χ0n) is 13.5. The number of unbranched alkanes of at least 4 members (excludes halogenated alkanes) is 1. The topological polar surface area (TPSA) is 29.5 Å². The van der Waals surface area contributed by atoms with Crippen LogP contribution in [0.4, 0.5) is 0 Å². The molecule has 3 nitrogen and oxygen atoms in total. The minimum Gasteiger partial charge on any atom is -0.381 e. The summed E-state index contributed by atoms with van der Waals surface area (Å²) in [7, 11) is 0. The van der Waals surface area contributed by atoms with Gasteiger partial charge < -0.3 is 4.74 Å². The molecule has 1 aromatic rings. The Hall–Kier alpha value is -1.45. The van der Waals surface area contributed by atoms with E-state index in [0.29, 0.717) is 18.8 Å². The monoisotopic (exact) mass is 301 g/mol. The molecule has 0 N–H and O–H groups in total. The summed E-state index contributed by atoms with van der Waals surface area (Å²) in [6, 6.07) is 10.2. The summed E-state index contributed by atoms with van der Waals surface area (Å²) in [5.41, 5.74) is 1.25. The molecular formula is C19H27NO2. The van der Waals surface area contributed by atoms with Gasteiger partial charge in [-0.3, -0.25) is 9.69 Å². The van der Waals surface area contributed by atoms with E-state index in [1.54, 1.807) is 0 Å². The molecule has 0 saturated carbocycles. The number of Topliss-reactive ketones (excluding diaryl/α,β-unsaturated/α-hetero) is 1. The van der Waals surface area contributed by atoms with Crippen LogP contribution < -0.4 is 0 Å². The minimum absolute atomic E-state index is 0.0792. The molecular weight excluding hydrogens is 274 g/mol. The molecule has 22 heavy (non-hydrogen) atoms. The molecule has 2 unspecified atom stereocenters. The number of nitrogens with zero attached hydrogens (tertiary/aromatic N) is 1. The smallest absolute Gasteiger partial charge is 0.151 e. The Balaban J connectivity index is 1.97. The summed E-state index contributed by atoms with van der Waals surface area (Å²) in [4.78, 5) is 14.6. The van der Waals surface area contributed by atoms with Crippen molar-refractivity contribution in [1.29, 1.82) is 0 Å². The van der Waals surface area contributed by atoms with Gasteiger partial charge >= 0.3 is 0 Å². The second-order valence-corrected chi connectivity index (χ2v) is 5.95. The van der Waals surface area contributed by atoms with Gasteiger partial charge in [0, 0.05) is 32.0 Å². The van der Waals surface area contributed by atoms with E-state index in [9.17, 15) is 4.79 Å². The van der Waals surface area contributed by atoms with Crippen molar-refractivity contribution in [3.05, 3.63) is 48.6 Å². The Bertz CT molecular complexity index is 472. The van der Waals surface area contributed by atoms with Crippen LogP contribution in [0, 0.1) is 5.92 Å². The highest BCUT2D eigenvalue weighted by atomic mass is 16.5. The Morgan fingerprint density at radius 3 is 2.86 bits per heavy atom. The first kappa shape index (κ1) is 16.9. The number of carbonyl (C=O) groups is 1. The molecule has 0 aliphatic carbocycles. The summed E-state index contributed by atoms with van der Waals surface area (Å²) in [6.45, 7) is 9.07. The summed E-state index contributed by atoms with van der Waals surface area (Å²) < 4.78 is 5.74. The molecule has 2 atom stereocenters. The first-order valence-corrected chi connectivity index (χ1v) is 8.27. The van der Waals surface area contributed by atoms with Gasteiger partial charge in [0.25, 0.3) is 0 Å². The van der Waals surface area contributed by atoms with Gasteiger partial charge in [-0.25, -0.2) is 0 Å². The molecule has 1 heterocycles. The summed E-state index contributed by atoms with van der Waals surface area (Å²) in [5, 5.41) is 0. The molecule has 1 aliphatic rings. The standard InChI is InChI=1S/C19H27NO2/c1-3-5-13-22-15-17(4-2)19-18(21)11-12-20(19)14-16-9-7-6-8-10-16/h4,6-10,17,19H,2-3,5,11-15H2,1H3. The molecule has 0 bridgehead atoms. The number of likely N-dealkylation sites (tertiary alicyclic amines) is 1. The highest BCUT2D eigenvalue weighted by molar-refractivity contribution is 5.86. The molecule has 2 rings (SSSR count). The number of ether oxygens (including phenoxy) is 1. The summed E-state index contributed by atoms with van der Waals surface area (Å²) in [5.74, 6) is 0.399. The van der Waals surface area contributed by atoms with Crippen LogP contribution in [0.1, 0.15) is 31.7 Å². The van der Waals surface area contributed by atoms with Gasteiger partial charge in [-0.1, -0.05) is 49.8 Å². The maximum Gasteiger partial charge on any atom is 0.151 e. The van der Waals surface area contributed by atoms with Crippen LogP contribution in [0.2, 0.25) is 0 Å². The van der Waals surface area contributed by atoms with Gasteiger partial charge in [0.1, 0.15) is 0 Å². The number of hydrogen-bond acceptors (Lipinski definition) is 3. The number of carbonyl (C=O) groups excluding carboxylic acids is 1. The molecule has 0 amide bonds. The highest BCUT2D eigenvalue weighted by Crippen LogP contribution is 2.24. The number of rotatable bonds is 9. The quantitative estimate of drug-likeness (QED) is 0.517. The normalized spacial score (nSPS) is 20.2. The number of ketones is 1. The largest absolute Gasteiger partial charge is 0.381 e. The van der Waals surface area contributed by atoms with Crippen LogP contribution in [0.25, 0.3) is 0 Å². The SMILES string of the molecule is C=CC(COCCCC)C1C(=O)CCN1Cc1ccccc1. The Morgan fingerprint density at radius 1 is 1.41 bits per heavy atom. The van der Waals surface area contributed by atoms with Crippen molar-refractivity contribution in [2.24, 2.45) is 5.92 Å². The zero-order valence-corrected chi connectivity index (χ0v) is 13.5. The fraction of sp³-hybridized carbons (Fsp3) is 0.526. The summed E-state index contributed by atoms with van der Waals surface area (Å²) >= 11 is 0. The van der Waals surface area contributed by atoms with E-state index in [1.165, 1.54) is 5.56 Å². The van der Waals surface area contributed by atoms with Crippen LogP contribution in [0.15, 0.2) is 43.0 Å². The van der Waals surface area contributed by atoms with Crippen molar-refractivity contribution >= 4 is 5.78 Å². The maximum atomic E-state index is 12.3. The van der Waals surface area contributed by atoms with E-state index in [1.807, 2.05) is 24.3 Å². The molecule has 0 aromatic heterocycles. The third-order valence-electron chi connectivity index (χ3n) is 4.26. The van der Waals surface area contributed by atoms with Crippen LogP contribution >= 0.6 is 0 Å². The van der Waals surface area contributed by atoms with Crippen LogP contribution in [-0.4, -0.2) is 36.5 Å². The van der Waals surface area contributed by atoms with E-state index < -0.39 is 0 Å². The lowest BCUT2D eigenvalue weighted by molar-refractivity contribution is -0.121. The number of benzene rings is 1. The predicted octanol–water partition coefficient (Wildman–Crippen LogP) is 3.45. The first-order chi connectivity index (χ1) is 10.8. The fourth-order valence-electron chi connectivity index (χ4n) is 3.00. The van der Waals surface area contributed by atoms with Gasteiger partial charge in [0.05, 0.1) is 12.6 Å². The van der Waals surface area contributed by atoms with Crippen molar-refractivity contribution in [2.45, 2.75) is 38.8 Å². The minimum atomic E-state index is -0.0840. The van der Waals surface area contributed by atoms with Crippen LogP contribution in [-0.2, 0) is 16.1 Å². The lowest BCUT2D eigenvalue weighted by atomic mass is 9.97. The molecule has 0 radical (unpaired) electrons. The van der Waals surface area contributed by atoms with E-state index >= 15 is 0 Å². The van der Waals surface area contributed by atoms with Crippen molar-refractivity contribution in [2.75, 3.05) is 19.8 Å². The molecule has 1 fully saturated rings. The Labute approximate surface area is 134 Å². The summed E-state index contributed by atoms with van der Waals surface area (Å²) in [6.07, 6.45) is 4.71. The van der Waals surface area contributed by atoms with E-state index in [-0.39, 0.29) is 12.0 Å². The predicted molar refractivity (Wildman–Crippen MR) is 89.7 cm³/mol. The molecule has 1 aromatic carbocycles. The average Bonchev–Trinajstić information content (AvgIpc) is 2.89. The average molecular weight is 301 g/mol. The first-order valence-electron chi connectivity index (χ1n) is 8.27. The van der Waals surface area contributed by atoms with Gasteiger partial charge in [0.15, 0.2) is 5.78 Å². The van der Waals surface area contributed by atoms with Crippen molar-refractivity contribution in [3.63, 3.8) is 0 Å². The highest BCUT2D eigenvalue weighted by Gasteiger charge is 2.37. The second-order valence-electron chi connectivity index (χ2n) is 5.95. The van der Waals surface area contributed by atoms with Gasteiger partial charge in [-0.15, -0.1) is 6.58 Å². The lowest BCUT2D eigenvalue weighted by Gasteiger charge is -2.28. The van der Waals surface area contributed by atoms with Crippen LogP contribution in [0.3, 0.4) is 0 Å². The van der Waals surface area contributed by atoms with E-state index in [4.69, 9.17) is 4.74 Å². The molecule has 1 aliphatic heterocycles. The Kier molecular flexibility index (Phi) is 6.81. The molecule has 120 valence electrons. The third-order valence-corrected chi connectivity index (χ3v) is 4.26. The van der Waals surface area contributed by atoms with Crippen molar-refractivity contribution < 1.29 is 9.53 Å². The van der Waals surface area contributed by atoms with E-state index in [2.05, 4.69) is 30.5 Å². The van der Waals surface area contributed by atoms with Gasteiger partial charge in [-0.05, 0) is 12.0 Å².